The van der Waals surface area contributed by atoms with E-state index < -0.39 is 12.1 Å². The van der Waals surface area contributed by atoms with Crippen molar-refractivity contribution in [3.8, 4) is 11.5 Å². The third-order valence-electron chi connectivity index (χ3n) is 4.76. The number of hydrogen-bond donors (Lipinski definition) is 1. The summed E-state index contributed by atoms with van der Waals surface area (Å²) < 4.78 is 26.4. The molecule has 0 bridgehead atoms. The highest BCUT2D eigenvalue weighted by molar-refractivity contribution is 6.31. The molecule has 2 aromatic carbocycles. The molecule has 0 saturated carbocycles. The van der Waals surface area contributed by atoms with Crippen LogP contribution in [0.25, 0.3) is 11.1 Å². The summed E-state index contributed by atoms with van der Waals surface area (Å²) in [5, 5.41) is 2.93. The molecule has 2 heterocycles. The van der Waals surface area contributed by atoms with Gasteiger partial charge in [0.05, 0.1) is 12.7 Å². The highest BCUT2D eigenvalue weighted by atomic mass is 35.5. The van der Waals surface area contributed by atoms with E-state index in [1.54, 1.807) is 43.3 Å². The van der Waals surface area contributed by atoms with E-state index in [9.17, 15) is 9.18 Å². The Labute approximate surface area is 183 Å². The summed E-state index contributed by atoms with van der Waals surface area (Å²) in [5.74, 6) is 0.846. The number of aromatic nitrogens is 1. The van der Waals surface area contributed by atoms with Gasteiger partial charge < -0.3 is 14.5 Å². The summed E-state index contributed by atoms with van der Waals surface area (Å²) in [7, 11) is 0. The number of nitrogens with zero attached hydrogens (tertiary/aromatic N) is 1. The number of ether oxygens (including phenoxy) is 1. The van der Waals surface area contributed by atoms with Crippen molar-refractivity contribution in [3.05, 3.63) is 88.3 Å². The van der Waals surface area contributed by atoms with Crippen LogP contribution in [0, 0.1) is 13.8 Å². The maximum absolute atomic E-state index is 14.7. The summed E-state index contributed by atoms with van der Waals surface area (Å²) in [4.78, 5) is 17.4. The molecule has 1 amide bonds. The van der Waals surface area contributed by atoms with Crippen LogP contribution in [0.1, 0.15) is 33.4 Å². The summed E-state index contributed by atoms with van der Waals surface area (Å²) >= 11 is 6.06. The molecule has 0 aliphatic heterocycles. The monoisotopic (exact) mass is 438 g/mol. The smallest absolute Gasteiger partial charge is 0.259 e. The van der Waals surface area contributed by atoms with Gasteiger partial charge in [-0.3, -0.25) is 4.79 Å². The van der Waals surface area contributed by atoms with Gasteiger partial charge in [-0.05, 0) is 37.6 Å². The van der Waals surface area contributed by atoms with Crippen LogP contribution in [0.5, 0.6) is 11.5 Å². The molecule has 0 aliphatic rings. The lowest BCUT2D eigenvalue weighted by atomic mass is 10.1. The Morgan fingerprint density at radius 2 is 2.00 bits per heavy atom. The molecular weight excluding hydrogens is 419 g/mol. The number of aryl methyl sites for hydroxylation is 2. The minimum Gasteiger partial charge on any atom is -0.459 e. The van der Waals surface area contributed by atoms with Gasteiger partial charge in [0, 0.05) is 16.7 Å². The van der Waals surface area contributed by atoms with E-state index in [2.05, 4.69) is 10.3 Å². The van der Waals surface area contributed by atoms with Crippen molar-refractivity contribution in [2.24, 2.45) is 0 Å². The number of carbonyl (C=O) groups is 1. The number of amides is 1. The van der Waals surface area contributed by atoms with Crippen molar-refractivity contribution >= 4 is 28.6 Å². The molecule has 31 heavy (non-hydrogen) atoms. The first-order valence-corrected chi connectivity index (χ1v) is 10.1. The number of hydrogen-bond acceptors (Lipinski definition) is 4. The second-order valence-electron chi connectivity index (χ2n) is 7.19. The molecule has 0 aliphatic carbocycles. The first kappa shape index (κ1) is 20.9. The Morgan fingerprint density at radius 3 is 2.77 bits per heavy atom. The van der Waals surface area contributed by atoms with Crippen molar-refractivity contribution in [1.29, 1.82) is 0 Å². The first-order valence-electron chi connectivity index (χ1n) is 9.72. The minimum absolute atomic E-state index is 0.158. The molecule has 158 valence electrons. The number of fused-ring (bicyclic) bond motifs is 1. The predicted molar refractivity (Wildman–Crippen MR) is 118 cm³/mol. The standard InChI is InChI=1S/C24H20ClFN2O3/c1-14-6-5-7-16(10-14)31-21-13-27-20-11-15(2)30-23(20)22(21)24(29)28-12-19(26)17-8-3-4-9-18(17)25/h3-11,13,19H,12H2,1-2H3,(H,28,29). The molecule has 5 nitrogen and oxygen atoms in total. The largest absolute Gasteiger partial charge is 0.459 e. The molecule has 7 heteroatoms. The summed E-state index contributed by atoms with van der Waals surface area (Å²) in [5.41, 5.74) is 2.28. The average molecular weight is 439 g/mol. The Kier molecular flexibility index (Phi) is 5.91. The number of nitrogens with one attached hydrogen (secondary N) is 1. The fourth-order valence-electron chi connectivity index (χ4n) is 3.29. The molecule has 0 spiro atoms. The van der Waals surface area contributed by atoms with Crippen LogP contribution in [-0.4, -0.2) is 17.4 Å². The second kappa shape index (κ2) is 8.78. The van der Waals surface area contributed by atoms with Crippen molar-refractivity contribution < 1.29 is 18.3 Å². The maximum Gasteiger partial charge on any atom is 0.259 e. The van der Waals surface area contributed by atoms with E-state index in [1.807, 2.05) is 25.1 Å². The van der Waals surface area contributed by atoms with E-state index in [-0.39, 0.29) is 23.4 Å². The number of alkyl halides is 1. The lowest BCUT2D eigenvalue weighted by Crippen LogP contribution is -2.27. The number of furan rings is 1. The van der Waals surface area contributed by atoms with E-state index in [0.29, 0.717) is 27.6 Å². The van der Waals surface area contributed by atoms with Crippen molar-refractivity contribution in [1.82, 2.24) is 10.3 Å². The molecule has 4 rings (SSSR count). The number of carbonyl (C=O) groups excluding carboxylic acids is 1. The highest BCUT2D eigenvalue weighted by Crippen LogP contribution is 2.32. The molecule has 0 saturated heterocycles. The molecule has 0 radical (unpaired) electrons. The third kappa shape index (κ3) is 4.54. The van der Waals surface area contributed by atoms with E-state index in [1.165, 1.54) is 6.20 Å². The van der Waals surface area contributed by atoms with Gasteiger partial charge in [-0.2, -0.15) is 0 Å². The van der Waals surface area contributed by atoms with Gasteiger partial charge >= 0.3 is 0 Å². The summed E-state index contributed by atoms with van der Waals surface area (Å²) in [6, 6.07) is 15.8. The number of rotatable bonds is 6. The SMILES string of the molecule is Cc1cccc(Oc2cnc3cc(C)oc3c2C(=O)NCC(F)c2ccccc2Cl)c1. The lowest BCUT2D eigenvalue weighted by Gasteiger charge is -2.14. The topological polar surface area (TPSA) is 64.4 Å². The molecular formula is C24H20ClFN2O3. The van der Waals surface area contributed by atoms with E-state index >= 15 is 0 Å². The number of pyridine rings is 1. The Morgan fingerprint density at radius 1 is 1.19 bits per heavy atom. The van der Waals surface area contributed by atoms with Crippen LogP contribution in [-0.2, 0) is 0 Å². The lowest BCUT2D eigenvalue weighted by molar-refractivity contribution is 0.0940. The molecule has 1 unspecified atom stereocenters. The Bertz CT molecular complexity index is 1250. The Hall–Kier alpha value is -3.38. The van der Waals surface area contributed by atoms with Gasteiger partial charge in [0.15, 0.2) is 11.3 Å². The quantitative estimate of drug-likeness (QED) is 0.382. The number of halogens is 2. The van der Waals surface area contributed by atoms with Crippen molar-refractivity contribution in [2.75, 3.05) is 6.54 Å². The zero-order valence-electron chi connectivity index (χ0n) is 17.0. The fourth-order valence-corrected chi connectivity index (χ4v) is 3.54. The van der Waals surface area contributed by atoms with Crippen LogP contribution in [0.4, 0.5) is 4.39 Å². The average Bonchev–Trinajstić information content (AvgIpc) is 3.12. The van der Waals surface area contributed by atoms with Crippen LogP contribution in [0.3, 0.4) is 0 Å². The van der Waals surface area contributed by atoms with Gasteiger partial charge in [0.1, 0.15) is 28.8 Å². The second-order valence-corrected chi connectivity index (χ2v) is 7.59. The molecule has 1 N–H and O–H groups in total. The zero-order chi connectivity index (χ0) is 22.0. The van der Waals surface area contributed by atoms with Crippen molar-refractivity contribution in [2.45, 2.75) is 20.0 Å². The molecule has 1 atom stereocenters. The summed E-state index contributed by atoms with van der Waals surface area (Å²) in [6.07, 6.45) is 0.00432. The maximum atomic E-state index is 14.7. The van der Waals surface area contributed by atoms with E-state index in [4.69, 9.17) is 20.8 Å². The van der Waals surface area contributed by atoms with E-state index in [0.717, 1.165) is 5.56 Å². The van der Waals surface area contributed by atoms with Gasteiger partial charge in [0.25, 0.3) is 5.91 Å². The van der Waals surface area contributed by atoms with Crippen LogP contribution >= 0.6 is 11.6 Å². The fraction of sp³-hybridized carbons (Fsp3) is 0.167. The zero-order valence-corrected chi connectivity index (χ0v) is 17.7. The Balaban J connectivity index is 1.64. The van der Waals surface area contributed by atoms with Crippen LogP contribution in [0.15, 0.2) is 65.2 Å². The predicted octanol–water partition coefficient (Wildman–Crippen LogP) is 6.33. The first-order chi connectivity index (χ1) is 14.9. The van der Waals surface area contributed by atoms with Gasteiger partial charge in [-0.15, -0.1) is 0 Å². The van der Waals surface area contributed by atoms with Gasteiger partial charge in [-0.25, -0.2) is 9.37 Å². The van der Waals surface area contributed by atoms with Gasteiger partial charge in [-0.1, -0.05) is 41.9 Å². The summed E-state index contributed by atoms with van der Waals surface area (Å²) in [6.45, 7) is 3.45. The van der Waals surface area contributed by atoms with Crippen LogP contribution < -0.4 is 10.1 Å². The van der Waals surface area contributed by atoms with Crippen LogP contribution in [0.2, 0.25) is 5.02 Å². The molecule has 2 aromatic heterocycles. The molecule has 4 aromatic rings. The number of benzene rings is 2. The van der Waals surface area contributed by atoms with Crippen molar-refractivity contribution in [3.63, 3.8) is 0 Å². The minimum atomic E-state index is -1.46. The van der Waals surface area contributed by atoms with Gasteiger partial charge in [0.2, 0.25) is 0 Å². The highest BCUT2D eigenvalue weighted by Gasteiger charge is 2.23. The molecule has 0 fully saturated rings. The normalized spacial score (nSPS) is 12.0. The third-order valence-corrected chi connectivity index (χ3v) is 5.10.